The summed E-state index contributed by atoms with van der Waals surface area (Å²) < 4.78 is 4.67. The Bertz CT molecular complexity index is 737. The number of carbonyl (C=O) groups is 2. The van der Waals surface area contributed by atoms with Gasteiger partial charge in [-0.3, -0.25) is 4.98 Å². The standard InChI is InChI=1S/C17H18ClN3O3/c1-11(12-6-8-19-9-7-12)21(2)17(23)20-13-4-5-15(18)14(10-13)16(22)24-3/h4-11H,1-3H3,(H,20,23)/t11-/m0/s1. The van der Waals surface area contributed by atoms with Gasteiger partial charge in [-0.05, 0) is 42.8 Å². The number of urea groups is 1. The van der Waals surface area contributed by atoms with Crippen molar-refractivity contribution in [1.82, 2.24) is 9.88 Å². The summed E-state index contributed by atoms with van der Waals surface area (Å²) in [4.78, 5) is 29.6. The van der Waals surface area contributed by atoms with Crippen LogP contribution in [0.3, 0.4) is 0 Å². The number of ether oxygens (including phenoxy) is 1. The van der Waals surface area contributed by atoms with E-state index in [1.54, 1.807) is 30.4 Å². The van der Waals surface area contributed by atoms with E-state index in [0.717, 1.165) is 5.56 Å². The van der Waals surface area contributed by atoms with Crippen LogP contribution >= 0.6 is 11.6 Å². The molecule has 0 saturated carbocycles. The van der Waals surface area contributed by atoms with E-state index in [2.05, 4.69) is 15.0 Å². The molecule has 1 N–H and O–H groups in total. The van der Waals surface area contributed by atoms with Crippen molar-refractivity contribution in [1.29, 1.82) is 0 Å². The van der Waals surface area contributed by atoms with Crippen LogP contribution in [0.5, 0.6) is 0 Å². The molecule has 2 rings (SSSR count). The van der Waals surface area contributed by atoms with E-state index < -0.39 is 5.97 Å². The lowest BCUT2D eigenvalue weighted by Crippen LogP contribution is -2.33. The van der Waals surface area contributed by atoms with Gasteiger partial charge in [0.05, 0.1) is 23.7 Å². The molecule has 24 heavy (non-hydrogen) atoms. The number of halogens is 1. The van der Waals surface area contributed by atoms with Crippen LogP contribution in [-0.2, 0) is 4.74 Å². The fraction of sp³-hybridized carbons (Fsp3) is 0.235. The van der Waals surface area contributed by atoms with Crippen molar-refractivity contribution in [3.8, 4) is 0 Å². The summed E-state index contributed by atoms with van der Waals surface area (Å²) in [6, 6.07) is 7.90. The number of pyridine rings is 1. The monoisotopic (exact) mass is 347 g/mol. The van der Waals surface area contributed by atoms with Gasteiger partial charge in [0.1, 0.15) is 0 Å². The van der Waals surface area contributed by atoms with Gasteiger partial charge in [0, 0.05) is 25.1 Å². The molecular weight excluding hydrogens is 330 g/mol. The van der Waals surface area contributed by atoms with Crippen LogP contribution in [0.4, 0.5) is 10.5 Å². The average molecular weight is 348 g/mol. The van der Waals surface area contributed by atoms with E-state index in [9.17, 15) is 9.59 Å². The molecule has 0 saturated heterocycles. The Morgan fingerprint density at radius 2 is 1.92 bits per heavy atom. The molecular formula is C17H18ClN3O3. The fourth-order valence-electron chi connectivity index (χ4n) is 2.12. The van der Waals surface area contributed by atoms with Crippen molar-refractivity contribution in [2.75, 3.05) is 19.5 Å². The number of hydrogen-bond acceptors (Lipinski definition) is 4. The second kappa shape index (κ2) is 7.79. The Hall–Kier alpha value is -2.60. The molecule has 6 nitrogen and oxygen atoms in total. The molecule has 2 aromatic rings. The third-order valence-corrected chi connectivity index (χ3v) is 4.04. The highest BCUT2D eigenvalue weighted by Crippen LogP contribution is 2.23. The molecule has 1 aromatic carbocycles. The van der Waals surface area contributed by atoms with Crippen molar-refractivity contribution in [2.45, 2.75) is 13.0 Å². The van der Waals surface area contributed by atoms with Crippen molar-refractivity contribution in [3.05, 3.63) is 58.9 Å². The first-order valence-corrected chi connectivity index (χ1v) is 7.63. The molecule has 1 atom stereocenters. The number of benzene rings is 1. The van der Waals surface area contributed by atoms with Crippen LogP contribution in [0.15, 0.2) is 42.7 Å². The van der Waals surface area contributed by atoms with Crippen molar-refractivity contribution in [3.63, 3.8) is 0 Å². The van der Waals surface area contributed by atoms with Crippen LogP contribution in [0, 0.1) is 0 Å². The van der Waals surface area contributed by atoms with E-state index in [1.165, 1.54) is 19.2 Å². The first kappa shape index (κ1) is 17.7. The van der Waals surface area contributed by atoms with Gasteiger partial charge >= 0.3 is 12.0 Å². The van der Waals surface area contributed by atoms with Crippen molar-refractivity contribution in [2.24, 2.45) is 0 Å². The quantitative estimate of drug-likeness (QED) is 0.855. The number of amides is 2. The molecule has 0 unspecified atom stereocenters. The van der Waals surface area contributed by atoms with E-state index in [4.69, 9.17) is 11.6 Å². The Morgan fingerprint density at radius 3 is 2.54 bits per heavy atom. The number of hydrogen-bond donors (Lipinski definition) is 1. The van der Waals surface area contributed by atoms with E-state index in [1.807, 2.05) is 19.1 Å². The molecule has 0 bridgehead atoms. The molecule has 0 aliphatic carbocycles. The maximum absolute atomic E-state index is 12.4. The van der Waals surface area contributed by atoms with Crippen LogP contribution < -0.4 is 5.32 Å². The Labute approximate surface area is 145 Å². The number of rotatable bonds is 4. The summed E-state index contributed by atoms with van der Waals surface area (Å²) in [6.45, 7) is 1.91. The first-order valence-electron chi connectivity index (χ1n) is 7.25. The molecule has 1 heterocycles. The third-order valence-electron chi connectivity index (χ3n) is 3.71. The highest BCUT2D eigenvalue weighted by Gasteiger charge is 2.18. The lowest BCUT2D eigenvalue weighted by molar-refractivity contribution is 0.0601. The number of esters is 1. The maximum Gasteiger partial charge on any atom is 0.339 e. The highest BCUT2D eigenvalue weighted by molar-refractivity contribution is 6.33. The van der Waals surface area contributed by atoms with Crippen molar-refractivity contribution < 1.29 is 14.3 Å². The molecule has 0 aliphatic rings. The van der Waals surface area contributed by atoms with Gasteiger partial charge in [-0.2, -0.15) is 0 Å². The van der Waals surface area contributed by atoms with Gasteiger partial charge in [0.25, 0.3) is 0 Å². The first-order chi connectivity index (χ1) is 11.4. The fourth-order valence-corrected chi connectivity index (χ4v) is 2.32. The van der Waals surface area contributed by atoms with E-state index in [0.29, 0.717) is 5.69 Å². The second-order valence-electron chi connectivity index (χ2n) is 5.18. The summed E-state index contributed by atoms with van der Waals surface area (Å²) in [5, 5.41) is 3.01. The number of carbonyl (C=O) groups excluding carboxylic acids is 2. The minimum atomic E-state index is -0.561. The van der Waals surface area contributed by atoms with E-state index in [-0.39, 0.29) is 22.7 Å². The molecule has 0 spiro atoms. The Morgan fingerprint density at radius 1 is 1.25 bits per heavy atom. The van der Waals surface area contributed by atoms with Gasteiger partial charge in [-0.25, -0.2) is 9.59 Å². The predicted octanol–water partition coefficient (Wildman–Crippen LogP) is 3.75. The molecule has 1 aromatic heterocycles. The topological polar surface area (TPSA) is 71.5 Å². The maximum atomic E-state index is 12.4. The number of nitrogens with zero attached hydrogens (tertiary/aromatic N) is 2. The molecule has 0 radical (unpaired) electrons. The number of nitrogens with one attached hydrogen (secondary N) is 1. The zero-order chi connectivity index (χ0) is 17.7. The largest absolute Gasteiger partial charge is 0.465 e. The van der Waals surface area contributed by atoms with Crippen LogP contribution in [0.25, 0.3) is 0 Å². The van der Waals surface area contributed by atoms with Gasteiger partial charge in [0.15, 0.2) is 0 Å². The SMILES string of the molecule is COC(=O)c1cc(NC(=O)N(C)[C@@H](C)c2ccncc2)ccc1Cl. The summed E-state index contributed by atoms with van der Waals surface area (Å²) in [5.74, 6) is -0.561. The number of aromatic nitrogens is 1. The second-order valence-corrected chi connectivity index (χ2v) is 5.59. The number of methoxy groups -OCH3 is 1. The lowest BCUT2D eigenvalue weighted by atomic mass is 10.1. The van der Waals surface area contributed by atoms with Crippen LogP contribution in [0.2, 0.25) is 5.02 Å². The molecule has 2 amide bonds. The summed E-state index contributed by atoms with van der Waals surface area (Å²) in [5.41, 5.74) is 1.62. The minimum Gasteiger partial charge on any atom is -0.465 e. The van der Waals surface area contributed by atoms with Gasteiger partial charge < -0.3 is 15.0 Å². The smallest absolute Gasteiger partial charge is 0.339 e. The zero-order valence-corrected chi connectivity index (χ0v) is 14.4. The van der Waals surface area contributed by atoms with E-state index >= 15 is 0 Å². The summed E-state index contributed by atoms with van der Waals surface area (Å²) >= 11 is 5.97. The van der Waals surface area contributed by atoms with Crippen LogP contribution in [-0.4, -0.2) is 36.0 Å². The van der Waals surface area contributed by atoms with Crippen molar-refractivity contribution >= 4 is 29.3 Å². The summed E-state index contributed by atoms with van der Waals surface area (Å²) in [6.07, 6.45) is 3.36. The Kier molecular flexibility index (Phi) is 5.76. The van der Waals surface area contributed by atoms with Crippen LogP contribution in [0.1, 0.15) is 28.9 Å². The number of anilines is 1. The summed E-state index contributed by atoms with van der Waals surface area (Å²) in [7, 11) is 2.96. The zero-order valence-electron chi connectivity index (χ0n) is 13.6. The normalized spacial score (nSPS) is 11.5. The third kappa shape index (κ3) is 4.02. The molecule has 126 valence electrons. The van der Waals surface area contributed by atoms with Gasteiger partial charge in [-0.1, -0.05) is 11.6 Å². The van der Waals surface area contributed by atoms with Gasteiger partial charge in [0.2, 0.25) is 0 Å². The Balaban J connectivity index is 2.13. The molecule has 7 heteroatoms. The lowest BCUT2D eigenvalue weighted by Gasteiger charge is -2.25. The van der Waals surface area contributed by atoms with Gasteiger partial charge in [-0.15, -0.1) is 0 Å². The average Bonchev–Trinajstić information content (AvgIpc) is 2.62. The molecule has 0 aliphatic heterocycles. The highest BCUT2D eigenvalue weighted by atomic mass is 35.5. The minimum absolute atomic E-state index is 0.139. The predicted molar refractivity (Wildman–Crippen MR) is 92.2 cm³/mol. The molecule has 0 fully saturated rings.